The summed E-state index contributed by atoms with van der Waals surface area (Å²) in [6, 6.07) is -0.141. The van der Waals surface area contributed by atoms with E-state index in [0.29, 0.717) is 17.6 Å². The van der Waals surface area contributed by atoms with Gasteiger partial charge in [0.1, 0.15) is 0 Å². The predicted molar refractivity (Wildman–Crippen MR) is 63.4 cm³/mol. The van der Waals surface area contributed by atoms with Crippen LogP contribution in [0, 0.1) is 5.92 Å². The quantitative estimate of drug-likeness (QED) is 0.873. The molecule has 0 amide bonds. The summed E-state index contributed by atoms with van der Waals surface area (Å²) >= 11 is 0. The Labute approximate surface area is 102 Å². The SMILES string of the molecule is CCC(N)c1noc(C2C(C)OC(C)C2C)n1. The van der Waals surface area contributed by atoms with Gasteiger partial charge >= 0.3 is 0 Å². The second-order valence-corrected chi connectivity index (χ2v) is 4.94. The van der Waals surface area contributed by atoms with Crippen LogP contribution in [0.3, 0.4) is 0 Å². The number of hydrogen-bond donors (Lipinski definition) is 1. The molecule has 2 rings (SSSR count). The second kappa shape index (κ2) is 4.74. The molecule has 0 radical (unpaired) electrons. The first-order valence-electron chi connectivity index (χ1n) is 6.29. The second-order valence-electron chi connectivity index (χ2n) is 4.94. The summed E-state index contributed by atoms with van der Waals surface area (Å²) in [5.41, 5.74) is 5.89. The highest BCUT2D eigenvalue weighted by molar-refractivity contribution is 5.05. The molecule has 1 aromatic rings. The molecule has 5 heteroatoms. The van der Waals surface area contributed by atoms with Crippen LogP contribution in [0.2, 0.25) is 0 Å². The van der Waals surface area contributed by atoms with Gasteiger partial charge in [0.15, 0.2) is 5.82 Å². The van der Waals surface area contributed by atoms with Crippen molar-refractivity contribution in [2.24, 2.45) is 11.7 Å². The van der Waals surface area contributed by atoms with E-state index in [1.807, 2.05) is 13.8 Å². The van der Waals surface area contributed by atoms with Crippen molar-refractivity contribution in [3.8, 4) is 0 Å². The third-order valence-electron chi connectivity index (χ3n) is 3.76. The van der Waals surface area contributed by atoms with Crippen LogP contribution in [0.1, 0.15) is 57.8 Å². The summed E-state index contributed by atoms with van der Waals surface area (Å²) in [7, 11) is 0. The Morgan fingerprint density at radius 3 is 2.53 bits per heavy atom. The van der Waals surface area contributed by atoms with Crippen molar-refractivity contribution in [2.75, 3.05) is 0 Å². The van der Waals surface area contributed by atoms with Crippen molar-refractivity contribution < 1.29 is 9.26 Å². The molecule has 5 unspecified atom stereocenters. The normalized spacial score (nSPS) is 35.1. The van der Waals surface area contributed by atoms with Gasteiger partial charge in [0.05, 0.1) is 24.2 Å². The van der Waals surface area contributed by atoms with Crippen molar-refractivity contribution in [2.45, 2.75) is 58.3 Å². The maximum absolute atomic E-state index is 5.89. The van der Waals surface area contributed by atoms with Gasteiger partial charge in [0.2, 0.25) is 5.89 Å². The molecule has 2 heterocycles. The average Bonchev–Trinajstić information content (AvgIpc) is 2.85. The first-order chi connectivity index (χ1) is 8.04. The zero-order valence-electron chi connectivity index (χ0n) is 10.9. The summed E-state index contributed by atoms with van der Waals surface area (Å²) < 4.78 is 11.1. The first-order valence-corrected chi connectivity index (χ1v) is 6.29. The van der Waals surface area contributed by atoms with E-state index in [0.717, 1.165) is 6.42 Å². The molecule has 96 valence electrons. The smallest absolute Gasteiger partial charge is 0.232 e. The van der Waals surface area contributed by atoms with E-state index in [-0.39, 0.29) is 24.2 Å². The highest BCUT2D eigenvalue weighted by Crippen LogP contribution is 2.39. The van der Waals surface area contributed by atoms with Gasteiger partial charge in [-0.05, 0) is 26.2 Å². The number of rotatable bonds is 3. The molecule has 5 nitrogen and oxygen atoms in total. The lowest BCUT2D eigenvalue weighted by Crippen LogP contribution is -2.16. The van der Waals surface area contributed by atoms with E-state index in [2.05, 4.69) is 24.0 Å². The molecule has 1 saturated heterocycles. The summed E-state index contributed by atoms with van der Waals surface area (Å²) in [5.74, 6) is 1.82. The van der Waals surface area contributed by atoms with Crippen LogP contribution < -0.4 is 5.73 Å². The Morgan fingerprint density at radius 1 is 1.29 bits per heavy atom. The highest BCUT2D eigenvalue weighted by Gasteiger charge is 2.41. The molecular formula is C12H21N3O2. The lowest BCUT2D eigenvalue weighted by molar-refractivity contribution is 0.0542. The molecule has 1 aromatic heterocycles. The van der Waals surface area contributed by atoms with Crippen molar-refractivity contribution in [3.63, 3.8) is 0 Å². The van der Waals surface area contributed by atoms with E-state index in [4.69, 9.17) is 15.0 Å². The molecule has 5 atom stereocenters. The first kappa shape index (κ1) is 12.5. The fourth-order valence-electron chi connectivity index (χ4n) is 2.41. The molecule has 0 saturated carbocycles. The summed E-state index contributed by atoms with van der Waals surface area (Å²) in [6.07, 6.45) is 1.15. The van der Waals surface area contributed by atoms with Crippen LogP contribution in [0.4, 0.5) is 0 Å². The van der Waals surface area contributed by atoms with Crippen LogP contribution in [0.25, 0.3) is 0 Å². The third kappa shape index (κ3) is 2.21. The minimum atomic E-state index is -0.141. The fraction of sp³-hybridized carbons (Fsp3) is 0.833. The Bertz CT molecular complexity index is 380. The van der Waals surface area contributed by atoms with E-state index in [1.165, 1.54) is 0 Å². The monoisotopic (exact) mass is 239 g/mol. The van der Waals surface area contributed by atoms with Gasteiger partial charge in [0.25, 0.3) is 0 Å². The molecule has 1 aliphatic rings. The van der Waals surface area contributed by atoms with Crippen LogP contribution in [0.15, 0.2) is 4.52 Å². The van der Waals surface area contributed by atoms with Crippen LogP contribution in [-0.4, -0.2) is 22.3 Å². The standard InChI is InChI=1S/C12H21N3O2/c1-5-9(13)11-14-12(17-15-11)10-6(2)7(3)16-8(10)4/h6-10H,5,13H2,1-4H3. The Kier molecular flexibility index (Phi) is 3.49. The summed E-state index contributed by atoms with van der Waals surface area (Å²) in [6.45, 7) is 8.29. The van der Waals surface area contributed by atoms with Gasteiger partial charge in [-0.1, -0.05) is 19.0 Å². The molecule has 17 heavy (non-hydrogen) atoms. The van der Waals surface area contributed by atoms with Gasteiger partial charge in [0, 0.05) is 0 Å². The molecular weight excluding hydrogens is 218 g/mol. The third-order valence-corrected chi connectivity index (χ3v) is 3.76. The number of nitrogens with two attached hydrogens (primary N) is 1. The Morgan fingerprint density at radius 2 is 2.00 bits per heavy atom. The van der Waals surface area contributed by atoms with Gasteiger partial charge in [-0.2, -0.15) is 4.98 Å². The molecule has 0 spiro atoms. The number of hydrogen-bond acceptors (Lipinski definition) is 5. The van der Waals surface area contributed by atoms with Crippen molar-refractivity contribution in [3.05, 3.63) is 11.7 Å². The van der Waals surface area contributed by atoms with Crippen LogP contribution >= 0.6 is 0 Å². The van der Waals surface area contributed by atoms with Gasteiger partial charge in [-0.15, -0.1) is 0 Å². The molecule has 0 aliphatic carbocycles. The molecule has 1 aliphatic heterocycles. The molecule has 0 bridgehead atoms. The maximum atomic E-state index is 5.89. The average molecular weight is 239 g/mol. The predicted octanol–water partition coefficient (Wildman–Crippen LogP) is 2.01. The lowest BCUT2D eigenvalue weighted by atomic mass is 9.89. The van der Waals surface area contributed by atoms with E-state index < -0.39 is 0 Å². The van der Waals surface area contributed by atoms with Crippen molar-refractivity contribution in [1.29, 1.82) is 0 Å². The van der Waals surface area contributed by atoms with Crippen molar-refractivity contribution in [1.82, 2.24) is 10.1 Å². The Balaban J connectivity index is 2.20. The summed E-state index contributed by atoms with van der Waals surface area (Å²) in [5, 5.41) is 3.96. The Hall–Kier alpha value is -0.940. The molecule has 2 N–H and O–H groups in total. The van der Waals surface area contributed by atoms with E-state index in [9.17, 15) is 0 Å². The van der Waals surface area contributed by atoms with Gasteiger partial charge in [-0.25, -0.2) is 0 Å². The minimum absolute atomic E-state index is 0.117. The zero-order valence-corrected chi connectivity index (χ0v) is 10.9. The summed E-state index contributed by atoms with van der Waals surface area (Å²) in [4.78, 5) is 4.42. The number of ether oxygens (including phenoxy) is 1. The highest BCUT2D eigenvalue weighted by atomic mass is 16.5. The zero-order chi connectivity index (χ0) is 12.6. The van der Waals surface area contributed by atoms with E-state index in [1.54, 1.807) is 0 Å². The fourth-order valence-corrected chi connectivity index (χ4v) is 2.41. The maximum Gasteiger partial charge on any atom is 0.232 e. The molecule has 1 fully saturated rings. The van der Waals surface area contributed by atoms with Crippen LogP contribution in [0.5, 0.6) is 0 Å². The number of nitrogens with zero attached hydrogens (tertiary/aromatic N) is 2. The van der Waals surface area contributed by atoms with Crippen molar-refractivity contribution >= 4 is 0 Å². The topological polar surface area (TPSA) is 74.2 Å². The van der Waals surface area contributed by atoms with E-state index >= 15 is 0 Å². The van der Waals surface area contributed by atoms with Crippen LogP contribution in [-0.2, 0) is 4.74 Å². The van der Waals surface area contributed by atoms with Gasteiger partial charge < -0.3 is 15.0 Å². The lowest BCUT2D eigenvalue weighted by Gasteiger charge is -2.13. The van der Waals surface area contributed by atoms with Gasteiger partial charge in [-0.3, -0.25) is 0 Å². The minimum Gasteiger partial charge on any atom is -0.374 e. The number of aromatic nitrogens is 2. The molecule has 0 aromatic carbocycles. The largest absolute Gasteiger partial charge is 0.374 e.